The normalized spacial score (nSPS) is 20.2. The van der Waals surface area contributed by atoms with Crippen molar-refractivity contribution in [3.05, 3.63) is 57.9 Å². The summed E-state index contributed by atoms with van der Waals surface area (Å²) < 4.78 is 14.1. The molecule has 0 unspecified atom stereocenters. The molecule has 0 saturated heterocycles. The SMILES string of the molecule is Cc1cccc(-c2n[nH]c(=S)n2CC(=O)N2CC3(CCCC3)c3cc4c(cc3[C@@H]2C)OCCO4)c1. The third-order valence-electron chi connectivity index (χ3n) is 7.89. The molecule has 1 aliphatic carbocycles. The van der Waals surface area contributed by atoms with Gasteiger partial charge in [-0.05, 0) is 68.2 Å². The summed E-state index contributed by atoms with van der Waals surface area (Å²) in [4.78, 5) is 15.9. The number of hydrogen-bond donors (Lipinski definition) is 1. The highest BCUT2D eigenvalue weighted by Crippen LogP contribution is 2.52. The molecular weight excluding hydrogens is 460 g/mol. The fourth-order valence-electron chi connectivity index (χ4n) is 6.10. The average Bonchev–Trinajstić information content (AvgIpc) is 3.48. The van der Waals surface area contributed by atoms with Crippen molar-refractivity contribution >= 4 is 18.1 Å². The van der Waals surface area contributed by atoms with Crippen LogP contribution in [-0.2, 0) is 16.8 Å². The zero-order valence-electron chi connectivity index (χ0n) is 20.2. The summed E-state index contributed by atoms with van der Waals surface area (Å²) in [5.41, 5.74) is 4.54. The van der Waals surface area contributed by atoms with Crippen LogP contribution < -0.4 is 9.47 Å². The van der Waals surface area contributed by atoms with Crippen molar-refractivity contribution in [1.29, 1.82) is 0 Å². The van der Waals surface area contributed by atoms with Crippen LogP contribution in [0.5, 0.6) is 11.5 Å². The van der Waals surface area contributed by atoms with E-state index in [0.717, 1.165) is 35.5 Å². The molecule has 7 nitrogen and oxygen atoms in total. The molecule has 1 atom stereocenters. The van der Waals surface area contributed by atoms with E-state index in [-0.39, 0.29) is 23.9 Å². The van der Waals surface area contributed by atoms with Crippen LogP contribution in [0.4, 0.5) is 0 Å². The van der Waals surface area contributed by atoms with Gasteiger partial charge in [-0.2, -0.15) is 5.10 Å². The van der Waals surface area contributed by atoms with Crippen molar-refractivity contribution in [1.82, 2.24) is 19.7 Å². The summed E-state index contributed by atoms with van der Waals surface area (Å²) in [7, 11) is 0. The molecule has 2 aromatic carbocycles. The van der Waals surface area contributed by atoms with E-state index >= 15 is 0 Å². The Kier molecular flexibility index (Phi) is 5.44. The summed E-state index contributed by atoms with van der Waals surface area (Å²) in [5, 5.41) is 7.33. The number of aryl methyl sites for hydroxylation is 1. The first-order valence-electron chi connectivity index (χ1n) is 12.4. The summed E-state index contributed by atoms with van der Waals surface area (Å²) >= 11 is 5.53. The quantitative estimate of drug-likeness (QED) is 0.517. The summed E-state index contributed by atoms with van der Waals surface area (Å²) in [5.74, 6) is 2.35. The predicted molar refractivity (Wildman–Crippen MR) is 135 cm³/mol. The van der Waals surface area contributed by atoms with Crippen molar-refractivity contribution in [2.75, 3.05) is 19.8 Å². The van der Waals surface area contributed by atoms with Crippen LogP contribution in [0.3, 0.4) is 0 Å². The van der Waals surface area contributed by atoms with Gasteiger partial charge in [0.15, 0.2) is 22.1 Å². The number of aromatic amines is 1. The van der Waals surface area contributed by atoms with Gasteiger partial charge in [-0.25, -0.2) is 0 Å². The standard InChI is InChI=1S/C27H30N4O3S/c1-17-6-5-7-19(12-17)25-28-29-26(35)30(25)15-24(32)31-16-27(8-3-4-9-27)21-14-23-22(33-10-11-34-23)13-20(21)18(31)2/h5-7,12-14,18H,3-4,8-11,15-16H2,1-2H3,(H,29,35)/t18-/m0/s1. The van der Waals surface area contributed by atoms with Crippen LogP contribution in [0.15, 0.2) is 36.4 Å². The van der Waals surface area contributed by atoms with Crippen molar-refractivity contribution in [2.24, 2.45) is 0 Å². The highest BCUT2D eigenvalue weighted by Gasteiger charge is 2.46. The lowest BCUT2D eigenvalue weighted by Crippen LogP contribution is -2.49. The van der Waals surface area contributed by atoms with Crippen LogP contribution in [0, 0.1) is 11.7 Å². The van der Waals surface area contributed by atoms with Crippen LogP contribution in [0.25, 0.3) is 11.4 Å². The molecule has 2 aliphatic heterocycles. The van der Waals surface area contributed by atoms with E-state index in [9.17, 15) is 4.79 Å². The molecule has 0 bridgehead atoms. The van der Waals surface area contributed by atoms with E-state index in [0.29, 0.717) is 30.4 Å². The lowest BCUT2D eigenvalue weighted by molar-refractivity contribution is -0.135. The molecule has 0 radical (unpaired) electrons. The van der Waals surface area contributed by atoms with Gasteiger partial charge in [0.2, 0.25) is 5.91 Å². The highest BCUT2D eigenvalue weighted by molar-refractivity contribution is 7.71. The minimum Gasteiger partial charge on any atom is -0.486 e. The third kappa shape index (κ3) is 3.75. The predicted octanol–water partition coefficient (Wildman–Crippen LogP) is 5.10. The number of carbonyl (C=O) groups excluding carboxylic acids is 1. The van der Waals surface area contributed by atoms with Gasteiger partial charge in [0, 0.05) is 17.5 Å². The Morgan fingerprint density at radius 1 is 1.17 bits per heavy atom. The lowest BCUT2D eigenvalue weighted by atomic mass is 9.71. The number of benzene rings is 2. The maximum atomic E-state index is 13.9. The van der Waals surface area contributed by atoms with Crippen LogP contribution >= 0.6 is 12.2 Å². The zero-order chi connectivity index (χ0) is 24.2. The number of rotatable bonds is 3. The molecule has 35 heavy (non-hydrogen) atoms. The molecular formula is C27H30N4O3S. The van der Waals surface area contributed by atoms with Crippen molar-refractivity contribution in [3.8, 4) is 22.9 Å². The van der Waals surface area contributed by atoms with Crippen molar-refractivity contribution in [3.63, 3.8) is 0 Å². The van der Waals surface area contributed by atoms with Gasteiger partial charge in [0.25, 0.3) is 0 Å². The number of hydrogen-bond acceptors (Lipinski definition) is 5. The van der Waals surface area contributed by atoms with Gasteiger partial charge < -0.3 is 14.4 Å². The largest absolute Gasteiger partial charge is 0.486 e. The lowest BCUT2D eigenvalue weighted by Gasteiger charge is -2.46. The molecule has 6 rings (SSSR count). The number of H-pyrrole nitrogens is 1. The van der Waals surface area contributed by atoms with Crippen LogP contribution in [0.2, 0.25) is 0 Å². The summed E-state index contributed by atoms with van der Waals surface area (Å²) in [6.45, 7) is 6.15. The first kappa shape index (κ1) is 22.3. The van der Waals surface area contributed by atoms with E-state index in [4.69, 9.17) is 21.7 Å². The molecule has 1 aromatic heterocycles. The number of nitrogens with zero attached hydrogens (tertiary/aromatic N) is 3. The van der Waals surface area contributed by atoms with Gasteiger partial charge in [0.05, 0.1) is 6.04 Å². The molecule has 1 spiro atoms. The van der Waals surface area contributed by atoms with Gasteiger partial charge >= 0.3 is 0 Å². The van der Waals surface area contributed by atoms with E-state index in [1.807, 2.05) is 34.6 Å². The van der Waals surface area contributed by atoms with Gasteiger partial charge in [0.1, 0.15) is 19.8 Å². The fraction of sp³-hybridized carbons (Fsp3) is 0.444. The third-order valence-corrected chi connectivity index (χ3v) is 8.20. The second-order valence-electron chi connectivity index (χ2n) is 10.1. The fourth-order valence-corrected chi connectivity index (χ4v) is 6.30. The minimum absolute atomic E-state index is 0.0371. The van der Waals surface area contributed by atoms with E-state index in [1.54, 1.807) is 0 Å². The second kappa shape index (κ2) is 8.52. The molecule has 3 aliphatic rings. The maximum absolute atomic E-state index is 13.9. The number of aromatic nitrogens is 3. The van der Waals surface area contributed by atoms with Crippen molar-refractivity contribution < 1.29 is 14.3 Å². The Morgan fingerprint density at radius 3 is 2.66 bits per heavy atom. The van der Waals surface area contributed by atoms with Crippen molar-refractivity contribution in [2.45, 2.75) is 57.5 Å². The Bertz CT molecular complexity index is 1350. The molecule has 3 aromatic rings. The zero-order valence-corrected chi connectivity index (χ0v) is 21.0. The first-order chi connectivity index (χ1) is 16.9. The number of amides is 1. The number of fused-ring (bicyclic) bond motifs is 3. The maximum Gasteiger partial charge on any atom is 0.243 e. The molecule has 3 heterocycles. The monoisotopic (exact) mass is 490 g/mol. The molecule has 1 saturated carbocycles. The Morgan fingerprint density at radius 2 is 1.91 bits per heavy atom. The average molecular weight is 491 g/mol. The highest BCUT2D eigenvalue weighted by atomic mass is 32.1. The van der Waals surface area contributed by atoms with Crippen LogP contribution in [-0.4, -0.2) is 45.3 Å². The second-order valence-corrected chi connectivity index (χ2v) is 10.5. The first-order valence-corrected chi connectivity index (χ1v) is 12.8. The van der Waals surface area contributed by atoms with Gasteiger partial charge in [-0.15, -0.1) is 0 Å². The number of ether oxygens (including phenoxy) is 2. The number of carbonyl (C=O) groups is 1. The summed E-state index contributed by atoms with van der Waals surface area (Å²) in [6.07, 6.45) is 4.51. The molecule has 8 heteroatoms. The van der Waals surface area contributed by atoms with Gasteiger partial charge in [-0.3, -0.25) is 14.5 Å². The smallest absolute Gasteiger partial charge is 0.243 e. The van der Waals surface area contributed by atoms with E-state index in [1.165, 1.54) is 24.0 Å². The Balaban J connectivity index is 1.36. The number of nitrogens with one attached hydrogen (secondary N) is 1. The minimum atomic E-state index is -0.0666. The topological polar surface area (TPSA) is 72.4 Å². The van der Waals surface area contributed by atoms with Crippen LogP contribution in [0.1, 0.15) is 55.3 Å². The Labute approximate surface area is 210 Å². The molecule has 1 fully saturated rings. The molecule has 1 N–H and O–H groups in total. The molecule has 1 amide bonds. The Hall–Kier alpha value is -3.13. The van der Waals surface area contributed by atoms with Gasteiger partial charge in [-0.1, -0.05) is 36.6 Å². The summed E-state index contributed by atoms with van der Waals surface area (Å²) in [6, 6.07) is 12.3. The van der Waals surface area contributed by atoms with E-state index < -0.39 is 0 Å². The molecule has 182 valence electrons. The van der Waals surface area contributed by atoms with E-state index in [2.05, 4.69) is 35.3 Å².